The average molecular weight is 907 g/mol. The lowest BCUT2D eigenvalue weighted by Gasteiger charge is -2.15. The molecule has 9 heteroatoms. The first-order valence-corrected chi connectivity index (χ1v) is 23.3. The van der Waals surface area contributed by atoms with Gasteiger partial charge in [0.25, 0.3) is 0 Å². The Labute approximate surface area is 403 Å². The van der Waals surface area contributed by atoms with Crippen LogP contribution in [0.1, 0.15) is 50.1 Å². The van der Waals surface area contributed by atoms with Crippen molar-refractivity contribution in [3.63, 3.8) is 0 Å². The minimum absolute atomic E-state index is 0.346. The van der Waals surface area contributed by atoms with E-state index in [-0.39, 0.29) is 0 Å². The quantitative estimate of drug-likeness (QED) is 0.102. The van der Waals surface area contributed by atoms with Crippen LogP contribution in [0, 0.1) is 41.5 Å². The Morgan fingerprint density at radius 1 is 0.333 bits per heavy atom. The molecule has 0 aliphatic heterocycles. The summed E-state index contributed by atoms with van der Waals surface area (Å²) in [6, 6.07) is 49.9. The molecule has 10 rings (SSSR count). The Kier molecular flexibility index (Phi) is 12.5. The molecule has 342 valence electrons. The van der Waals surface area contributed by atoms with Crippen LogP contribution in [-0.2, 0) is 19.8 Å². The number of aryl methyl sites for hydroxylation is 6. The van der Waals surface area contributed by atoms with Crippen LogP contribution in [0.4, 0.5) is 0 Å². The van der Waals surface area contributed by atoms with Crippen molar-refractivity contribution in [3.05, 3.63) is 233 Å². The second kappa shape index (κ2) is 19.4. The second-order valence-corrected chi connectivity index (χ2v) is 17.7. The van der Waals surface area contributed by atoms with Gasteiger partial charge in [0.1, 0.15) is 54.5 Å². The lowest BCUT2D eigenvalue weighted by atomic mass is 10.1. The van der Waals surface area contributed by atoms with E-state index in [9.17, 15) is 0 Å². The Balaban J connectivity index is 0.880. The zero-order valence-corrected chi connectivity index (χ0v) is 39.8. The predicted molar refractivity (Wildman–Crippen MR) is 275 cm³/mol. The van der Waals surface area contributed by atoms with Gasteiger partial charge in [0.15, 0.2) is 0 Å². The van der Waals surface area contributed by atoms with Crippen LogP contribution in [0.25, 0.3) is 51.2 Å². The maximum atomic E-state index is 6.53. The van der Waals surface area contributed by atoms with Crippen LogP contribution < -0.4 is 14.2 Å². The molecule has 0 unspecified atom stereocenters. The summed E-state index contributed by atoms with van der Waals surface area (Å²) in [4.78, 5) is 14.2. The summed E-state index contributed by atoms with van der Waals surface area (Å²) >= 11 is 0. The van der Waals surface area contributed by atoms with Gasteiger partial charge in [-0.3, -0.25) is 13.7 Å². The number of rotatable bonds is 15. The lowest BCUT2D eigenvalue weighted by Crippen LogP contribution is -2.04. The molecule has 0 aliphatic rings. The van der Waals surface area contributed by atoms with Gasteiger partial charge >= 0.3 is 0 Å². The van der Waals surface area contributed by atoms with Crippen molar-refractivity contribution >= 4 is 0 Å². The summed E-state index contributed by atoms with van der Waals surface area (Å²) in [7, 11) is 0. The fraction of sp³-hybridized carbons (Fsp3) is 0.150. The molecule has 0 fully saturated rings. The van der Waals surface area contributed by atoms with Crippen LogP contribution in [-0.4, -0.2) is 28.7 Å². The first-order valence-electron chi connectivity index (χ1n) is 23.3. The van der Waals surface area contributed by atoms with Crippen molar-refractivity contribution in [2.75, 3.05) is 0 Å². The molecule has 0 spiro atoms. The van der Waals surface area contributed by atoms with Crippen LogP contribution in [0.5, 0.6) is 17.2 Å². The van der Waals surface area contributed by atoms with Gasteiger partial charge in [0.05, 0.1) is 17.1 Å². The Morgan fingerprint density at radius 2 is 0.652 bits per heavy atom. The molecule has 7 aromatic carbocycles. The van der Waals surface area contributed by atoms with Crippen LogP contribution in [0.2, 0.25) is 0 Å². The van der Waals surface area contributed by atoms with E-state index in [0.29, 0.717) is 19.8 Å². The van der Waals surface area contributed by atoms with Crippen molar-refractivity contribution in [1.82, 2.24) is 28.7 Å². The van der Waals surface area contributed by atoms with Gasteiger partial charge < -0.3 is 14.2 Å². The molecule has 0 bridgehead atoms. The third kappa shape index (κ3) is 9.45. The molecule has 0 N–H and O–H groups in total. The third-order valence-corrected chi connectivity index (χ3v) is 12.6. The molecule has 3 heterocycles. The van der Waals surface area contributed by atoms with Gasteiger partial charge in [-0.25, -0.2) is 15.0 Å². The number of hydrogen-bond acceptors (Lipinski definition) is 6. The standard InChI is InChI=1S/C60H54N6O3/c1-40-11-7-12-41(2)55(40)64-30-27-61-58(64)49-19-23-52(24-20-49)67-37-46-33-47(38-68-53-25-21-50(22-26-53)59-62-28-31-65(59)56-42(3)13-8-14-43(56)4)35-48(34-46)39-69-54-18-10-17-51(36-54)60-63-29-32-66(60)57-44(5)15-9-16-45(57)6/h7-36H,37-39H2,1-6H3. The van der Waals surface area contributed by atoms with E-state index in [4.69, 9.17) is 29.2 Å². The molecule has 0 aliphatic carbocycles. The number of nitrogens with zero attached hydrogens (tertiary/aromatic N) is 6. The molecular weight excluding hydrogens is 853 g/mol. The van der Waals surface area contributed by atoms with E-state index in [2.05, 4.69) is 164 Å². The SMILES string of the molecule is Cc1cccc(C)c1-n1ccnc1-c1ccc(OCc2cc(COc3ccc(-c4nccn4-c4c(C)cccc4C)cc3)cc(COc3cccc(-c4nccn4-c4c(C)cccc4C)c3)c2)cc1. The summed E-state index contributed by atoms with van der Waals surface area (Å²) in [6.45, 7) is 13.9. The van der Waals surface area contributed by atoms with Crippen LogP contribution in [0.15, 0.2) is 183 Å². The first-order chi connectivity index (χ1) is 33.7. The fourth-order valence-electron chi connectivity index (χ4n) is 9.36. The minimum atomic E-state index is 0.346. The fourth-order valence-corrected chi connectivity index (χ4v) is 9.36. The number of para-hydroxylation sites is 3. The molecule has 0 amide bonds. The number of aromatic nitrogens is 6. The highest BCUT2D eigenvalue weighted by Crippen LogP contribution is 2.32. The smallest absolute Gasteiger partial charge is 0.144 e. The molecule has 0 atom stereocenters. The maximum absolute atomic E-state index is 6.53. The second-order valence-electron chi connectivity index (χ2n) is 17.7. The van der Waals surface area contributed by atoms with Crippen LogP contribution in [0.3, 0.4) is 0 Å². The van der Waals surface area contributed by atoms with Crippen molar-refractivity contribution in [3.8, 4) is 68.5 Å². The molecule has 9 nitrogen and oxygen atoms in total. The molecular formula is C60H54N6O3. The maximum Gasteiger partial charge on any atom is 0.144 e. The molecule has 0 radical (unpaired) electrons. The summed E-state index contributed by atoms with van der Waals surface area (Å²) in [5.41, 5.74) is 16.6. The minimum Gasteiger partial charge on any atom is -0.489 e. The first kappa shape index (κ1) is 44.4. The Hall–Kier alpha value is -8.43. The lowest BCUT2D eigenvalue weighted by molar-refractivity contribution is 0.293. The molecule has 69 heavy (non-hydrogen) atoms. The third-order valence-electron chi connectivity index (χ3n) is 12.6. The van der Waals surface area contributed by atoms with Gasteiger partial charge in [-0.05, 0) is 170 Å². The highest BCUT2D eigenvalue weighted by atomic mass is 16.5. The van der Waals surface area contributed by atoms with Gasteiger partial charge in [0.2, 0.25) is 0 Å². The highest BCUT2D eigenvalue weighted by Gasteiger charge is 2.16. The number of hydrogen-bond donors (Lipinski definition) is 0. The van der Waals surface area contributed by atoms with Gasteiger partial charge in [0, 0.05) is 53.9 Å². The number of benzene rings is 7. The van der Waals surface area contributed by atoms with E-state index < -0.39 is 0 Å². The average Bonchev–Trinajstić information content (AvgIpc) is 4.16. The van der Waals surface area contributed by atoms with Gasteiger partial charge in [-0.2, -0.15) is 0 Å². The van der Waals surface area contributed by atoms with Crippen molar-refractivity contribution < 1.29 is 14.2 Å². The van der Waals surface area contributed by atoms with Gasteiger partial charge in [-0.1, -0.05) is 66.7 Å². The van der Waals surface area contributed by atoms with Crippen molar-refractivity contribution in [2.24, 2.45) is 0 Å². The van der Waals surface area contributed by atoms with E-state index in [1.807, 2.05) is 73.6 Å². The summed E-state index contributed by atoms with van der Waals surface area (Å²) in [5.74, 6) is 4.89. The molecule has 0 saturated heterocycles. The van der Waals surface area contributed by atoms with Crippen LogP contribution >= 0.6 is 0 Å². The van der Waals surface area contributed by atoms with E-state index in [1.165, 1.54) is 33.4 Å². The topological polar surface area (TPSA) is 81.2 Å². The van der Waals surface area contributed by atoms with Crippen molar-refractivity contribution in [2.45, 2.75) is 61.4 Å². The van der Waals surface area contributed by atoms with E-state index in [1.54, 1.807) is 0 Å². The predicted octanol–water partition coefficient (Wildman–Crippen LogP) is 13.8. The molecule has 3 aromatic heterocycles. The summed E-state index contributed by atoms with van der Waals surface area (Å²) in [5, 5.41) is 0. The largest absolute Gasteiger partial charge is 0.489 e. The zero-order valence-electron chi connectivity index (χ0n) is 39.8. The van der Waals surface area contributed by atoms with Crippen molar-refractivity contribution in [1.29, 1.82) is 0 Å². The van der Waals surface area contributed by atoms with Gasteiger partial charge in [-0.15, -0.1) is 0 Å². The monoisotopic (exact) mass is 906 g/mol. The highest BCUT2D eigenvalue weighted by molar-refractivity contribution is 5.65. The molecule has 10 aromatic rings. The Morgan fingerprint density at radius 3 is 1.01 bits per heavy atom. The van der Waals surface area contributed by atoms with E-state index >= 15 is 0 Å². The summed E-state index contributed by atoms with van der Waals surface area (Å²) < 4.78 is 25.9. The normalized spacial score (nSPS) is 11.2. The zero-order chi connectivity index (χ0) is 47.4. The molecule has 0 saturated carbocycles. The number of imidazole rings is 3. The van der Waals surface area contributed by atoms with E-state index in [0.717, 1.165) is 85.2 Å². The Bertz CT molecular complexity index is 3200. The number of ether oxygens (including phenoxy) is 3. The summed E-state index contributed by atoms with van der Waals surface area (Å²) in [6.07, 6.45) is 11.6.